The Balaban J connectivity index is 2.44. The number of carboxylic acid groups (broad SMARTS) is 1. The third kappa shape index (κ3) is 2.16. The first-order valence-corrected chi connectivity index (χ1v) is 5.08. The third-order valence-corrected chi connectivity index (χ3v) is 2.68. The number of aliphatic hydroxyl groups excluding tert-OH is 2. The van der Waals surface area contributed by atoms with Crippen LogP contribution >= 0.6 is 0 Å². The van der Waals surface area contributed by atoms with E-state index < -0.39 is 47.6 Å². The van der Waals surface area contributed by atoms with E-state index in [1.54, 1.807) is 4.98 Å². The summed E-state index contributed by atoms with van der Waals surface area (Å²) in [5.41, 5.74) is -2.36. The number of nitrogens with zero attached hydrogens (tertiary/aromatic N) is 1. The number of aliphatic hydroxyl groups is 2. The molecule has 10 heteroatoms. The lowest BCUT2D eigenvalue weighted by molar-refractivity contribution is -0.155. The quantitative estimate of drug-likeness (QED) is 0.463. The first-order valence-electron chi connectivity index (χ1n) is 5.08. The molecule has 2 rings (SSSR count). The van der Waals surface area contributed by atoms with Crippen molar-refractivity contribution in [2.45, 2.75) is 24.5 Å². The maximum atomic E-state index is 13.1. The summed E-state index contributed by atoms with van der Waals surface area (Å²) in [7, 11) is 0. The summed E-state index contributed by atoms with van der Waals surface area (Å²) in [5.74, 6) is -2.87. The molecule has 19 heavy (non-hydrogen) atoms. The number of aromatic nitrogens is 2. The van der Waals surface area contributed by atoms with E-state index in [-0.39, 0.29) is 0 Å². The van der Waals surface area contributed by atoms with Crippen molar-refractivity contribution in [2.75, 3.05) is 0 Å². The second kappa shape index (κ2) is 4.57. The van der Waals surface area contributed by atoms with Gasteiger partial charge in [-0.05, 0) is 0 Å². The third-order valence-electron chi connectivity index (χ3n) is 2.68. The van der Waals surface area contributed by atoms with E-state index in [0.717, 1.165) is 0 Å². The van der Waals surface area contributed by atoms with Crippen LogP contribution in [0.15, 0.2) is 15.8 Å². The predicted octanol–water partition coefficient (Wildman–Crippen LogP) is -2.62. The number of halogens is 1. The highest BCUT2D eigenvalue weighted by atomic mass is 19.1. The minimum Gasteiger partial charge on any atom is -0.479 e. The maximum Gasteiger partial charge on any atom is 0.335 e. The Morgan fingerprint density at radius 3 is 2.53 bits per heavy atom. The van der Waals surface area contributed by atoms with Crippen LogP contribution in [-0.2, 0) is 9.53 Å². The molecule has 0 amide bonds. The number of carbonyl (C=O) groups is 1. The van der Waals surface area contributed by atoms with Gasteiger partial charge in [-0.15, -0.1) is 0 Å². The average molecular weight is 276 g/mol. The lowest BCUT2D eigenvalue weighted by atomic mass is 10.1. The second-order valence-corrected chi connectivity index (χ2v) is 3.91. The van der Waals surface area contributed by atoms with E-state index in [4.69, 9.17) is 9.84 Å². The molecule has 0 spiro atoms. The van der Waals surface area contributed by atoms with Crippen molar-refractivity contribution in [3.8, 4) is 0 Å². The molecule has 0 aromatic carbocycles. The van der Waals surface area contributed by atoms with Gasteiger partial charge in [0.2, 0.25) is 5.82 Å². The van der Waals surface area contributed by atoms with Crippen LogP contribution in [0, 0.1) is 5.82 Å². The molecule has 1 aliphatic heterocycles. The zero-order valence-corrected chi connectivity index (χ0v) is 9.19. The number of rotatable bonds is 2. The number of aliphatic carboxylic acids is 1. The number of hydrogen-bond donors (Lipinski definition) is 4. The van der Waals surface area contributed by atoms with Gasteiger partial charge in [-0.1, -0.05) is 0 Å². The van der Waals surface area contributed by atoms with Gasteiger partial charge >= 0.3 is 11.7 Å². The fourth-order valence-corrected chi connectivity index (χ4v) is 1.74. The summed E-state index contributed by atoms with van der Waals surface area (Å²) in [6, 6.07) is 0. The van der Waals surface area contributed by atoms with Gasteiger partial charge in [0.15, 0.2) is 12.3 Å². The van der Waals surface area contributed by atoms with E-state index >= 15 is 0 Å². The molecule has 9 nitrogen and oxygen atoms in total. The number of ether oxygens (including phenoxy) is 1. The lowest BCUT2D eigenvalue weighted by Gasteiger charge is -2.16. The molecule has 104 valence electrons. The molecular weight excluding hydrogens is 267 g/mol. The molecule has 2 heterocycles. The lowest BCUT2D eigenvalue weighted by Crippen LogP contribution is -2.39. The summed E-state index contributed by atoms with van der Waals surface area (Å²) in [4.78, 5) is 34.6. The van der Waals surface area contributed by atoms with Crippen molar-refractivity contribution in [3.63, 3.8) is 0 Å². The molecule has 1 unspecified atom stereocenters. The van der Waals surface area contributed by atoms with Crippen LogP contribution < -0.4 is 11.2 Å². The van der Waals surface area contributed by atoms with Gasteiger partial charge in [-0.3, -0.25) is 14.3 Å². The van der Waals surface area contributed by atoms with Crippen LogP contribution in [0.5, 0.6) is 0 Å². The molecular formula is C9H9FN2O7. The molecule has 1 fully saturated rings. The molecule has 0 radical (unpaired) electrons. The van der Waals surface area contributed by atoms with Crippen molar-refractivity contribution >= 4 is 5.97 Å². The van der Waals surface area contributed by atoms with Crippen molar-refractivity contribution in [1.29, 1.82) is 0 Å². The standard InChI is InChI=1S/C9H9FN2O7/c10-2-1-12(9(18)11-6(2)15)7-4(14)3(13)5(19-7)8(16)17/h1,3-5,7,13-14H,(H,16,17)(H,11,15,18)/t3-,4+,5-,7?/m0/s1. The van der Waals surface area contributed by atoms with Crippen LogP contribution in [-0.4, -0.2) is 49.2 Å². The molecule has 0 bridgehead atoms. The number of nitrogens with one attached hydrogen (secondary N) is 1. The Kier molecular flexibility index (Phi) is 3.22. The van der Waals surface area contributed by atoms with Crippen LogP contribution in [0.4, 0.5) is 4.39 Å². The fourth-order valence-electron chi connectivity index (χ4n) is 1.74. The molecule has 0 aliphatic carbocycles. The molecule has 1 aromatic heterocycles. The van der Waals surface area contributed by atoms with Crippen LogP contribution in [0.25, 0.3) is 0 Å². The smallest absolute Gasteiger partial charge is 0.335 e. The van der Waals surface area contributed by atoms with Gasteiger partial charge in [-0.25, -0.2) is 9.59 Å². The van der Waals surface area contributed by atoms with Crippen LogP contribution in [0.2, 0.25) is 0 Å². The van der Waals surface area contributed by atoms with Crippen LogP contribution in [0.3, 0.4) is 0 Å². The highest BCUT2D eigenvalue weighted by Crippen LogP contribution is 2.28. The molecule has 0 saturated carbocycles. The summed E-state index contributed by atoms with van der Waals surface area (Å²) in [6.07, 6.45) is -6.46. The van der Waals surface area contributed by atoms with Gasteiger partial charge in [-0.2, -0.15) is 4.39 Å². The average Bonchev–Trinajstić information content (AvgIpc) is 2.62. The summed E-state index contributed by atoms with van der Waals surface area (Å²) >= 11 is 0. The van der Waals surface area contributed by atoms with Gasteiger partial charge in [0, 0.05) is 0 Å². The summed E-state index contributed by atoms with van der Waals surface area (Å²) in [5, 5.41) is 27.8. The zero-order valence-electron chi connectivity index (χ0n) is 9.19. The van der Waals surface area contributed by atoms with Crippen molar-refractivity contribution in [2.24, 2.45) is 0 Å². The topological polar surface area (TPSA) is 142 Å². The van der Waals surface area contributed by atoms with E-state index in [2.05, 4.69) is 0 Å². The minimum absolute atomic E-state index is 0.464. The summed E-state index contributed by atoms with van der Waals surface area (Å²) < 4.78 is 18.3. The van der Waals surface area contributed by atoms with Crippen molar-refractivity contribution in [3.05, 3.63) is 32.9 Å². The molecule has 1 saturated heterocycles. The van der Waals surface area contributed by atoms with Crippen LogP contribution in [0.1, 0.15) is 6.23 Å². The molecule has 4 N–H and O–H groups in total. The highest BCUT2D eigenvalue weighted by molar-refractivity contribution is 5.73. The Morgan fingerprint density at radius 2 is 2.00 bits per heavy atom. The van der Waals surface area contributed by atoms with E-state index in [1.807, 2.05) is 0 Å². The predicted molar refractivity (Wildman–Crippen MR) is 54.8 cm³/mol. The molecule has 1 aromatic rings. The Hall–Kier alpha value is -2.04. The first kappa shape index (κ1) is 13.4. The van der Waals surface area contributed by atoms with Crippen molar-refractivity contribution in [1.82, 2.24) is 9.55 Å². The van der Waals surface area contributed by atoms with Gasteiger partial charge in [0.05, 0.1) is 6.20 Å². The Labute approximate surface area is 103 Å². The Morgan fingerprint density at radius 1 is 1.37 bits per heavy atom. The molecule has 4 atom stereocenters. The van der Waals surface area contributed by atoms with E-state index in [1.165, 1.54) is 0 Å². The highest BCUT2D eigenvalue weighted by Gasteiger charge is 2.47. The second-order valence-electron chi connectivity index (χ2n) is 3.91. The normalized spacial score (nSPS) is 30.5. The number of H-pyrrole nitrogens is 1. The van der Waals surface area contributed by atoms with Gasteiger partial charge < -0.3 is 20.1 Å². The van der Waals surface area contributed by atoms with Gasteiger partial charge in [0.1, 0.15) is 12.2 Å². The van der Waals surface area contributed by atoms with Crippen molar-refractivity contribution < 1.29 is 29.2 Å². The number of hydrogen-bond acceptors (Lipinski definition) is 6. The Bertz CT molecular complexity index is 624. The fraction of sp³-hybridized carbons (Fsp3) is 0.444. The maximum absolute atomic E-state index is 13.1. The monoisotopic (exact) mass is 276 g/mol. The van der Waals surface area contributed by atoms with Gasteiger partial charge in [0.25, 0.3) is 5.56 Å². The number of aromatic amines is 1. The minimum atomic E-state index is -1.79. The largest absolute Gasteiger partial charge is 0.479 e. The van der Waals surface area contributed by atoms with E-state index in [0.29, 0.717) is 10.8 Å². The molecule has 1 aliphatic rings. The van der Waals surface area contributed by atoms with E-state index in [9.17, 15) is 29.0 Å². The first-order chi connectivity index (χ1) is 8.82. The summed E-state index contributed by atoms with van der Waals surface area (Å²) in [6.45, 7) is 0. The SMILES string of the molecule is O=C(O)[C@H]1OC(n2cc(F)c(=O)[nH]c2=O)[C@H](O)[C@@H]1O. The number of carboxylic acids is 1. The zero-order chi connectivity index (χ0) is 14.3.